The Bertz CT molecular complexity index is 599. The van der Waals surface area contributed by atoms with Crippen molar-refractivity contribution in [1.82, 2.24) is 0 Å². The summed E-state index contributed by atoms with van der Waals surface area (Å²) >= 11 is 0. The van der Waals surface area contributed by atoms with Gasteiger partial charge in [0.15, 0.2) is 9.84 Å². The highest BCUT2D eigenvalue weighted by molar-refractivity contribution is 7.91. The summed E-state index contributed by atoms with van der Waals surface area (Å²) in [5.74, 6) is -1.79. The zero-order chi connectivity index (χ0) is 14.5. The third-order valence-electron chi connectivity index (χ3n) is 2.22. The first-order valence-electron chi connectivity index (χ1n) is 5.72. The zero-order valence-electron chi connectivity index (χ0n) is 10.8. The van der Waals surface area contributed by atoms with Crippen molar-refractivity contribution in [1.29, 1.82) is 5.26 Å². The molecule has 19 heavy (non-hydrogen) atoms. The Labute approximate surface area is 112 Å². The van der Waals surface area contributed by atoms with Crippen molar-refractivity contribution in [3.8, 4) is 6.07 Å². The number of rotatable bonds is 5. The Morgan fingerprint density at radius 3 is 2.58 bits per heavy atom. The lowest BCUT2D eigenvalue weighted by Gasteiger charge is -2.09. The monoisotopic (exact) mass is 281 g/mol. The van der Waals surface area contributed by atoms with E-state index in [1.54, 1.807) is 32.0 Å². The minimum absolute atomic E-state index is 0.295. The van der Waals surface area contributed by atoms with Crippen LogP contribution >= 0.6 is 0 Å². The third-order valence-corrected chi connectivity index (χ3v) is 3.64. The number of ether oxygens (including phenoxy) is 1. The summed E-state index contributed by atoms with van der Waals surface area (Å²) in [5.41, 5.74) is 0.686. The summed E-state index contributed by atoms with van der Waals surface area (Å²) in [4.78, 5) is 11.3. The molecule has 0 fully saturated rings. The van der Waals surface area contributed by atoms with Crippen molar-refractivity contribution >= 4 is 15.8 Å². The van der Waals surface area contributed by atoms with Gasteiger partial charge in [-0.3, -0.25) is 4.79 Å². The maximum atomic E-state index is 11.8. The molecule has 0 N–H and O–H groups in total. The maximum absolute atomic E-state index is 11.8. The molecule has 0 bridgehead atoms. The lowest BCUT2D eigenvalue weighted by molar-refractivity contribution is -0.144. The van der Waals surface area contributed by atoms with Gasteiger partial charge in [0.2, 0.25) is 0 Å². The van der Waals surface area contributed by atoms with Gasteiger partial charge < -0.3 is 4.74 Å². The molecule has 102 valence electrons. The molecule has 0 aliphatic rings. The van der Waals surface area contributed by atoms with Crippen LogP contribution in [0.2, 0.25) is 0 Å². The number of carbonyl (C=O) groups is 1. The summed E-state index contributed by atoms with van der Waals surface area (Å²) < 4.78 is 28.5. The van der Waals surface area contributed by atoms with Crippen molar-refractivity contribution in [3.63, 3.8) is 0 Å². The van der Waals surface area contributed by atoms with Crippen LogP contribution in [0.25, 0.3) is 0 Å². The first-order valence-corrected chi connectivity index (χ1v) is 7.54. The van der Waals surface area contributed by atoms with Crippen LogP contribution in [0.3, 0.4) is 0 Å². The predicted octanol–water partition coefficient (Wildman–Crippen LogP) is 1.42. The van der Waals surface area contributed by atoms with Crippen LogP contribution in [-0.2, 0) is 25.1 Å². The fourth-order valence-electron chi connectivity index (χ4n) is 1.52. The minimum atomic E-state index is -3.64. The number of benzene rings is 1. The molecule has 0 amide bonds. The molecule has 6 heteroatoms. The van der Waals surface area contributed by atoms with Crippen LogP contribution in [0.5, 0.6) is 0 Å². The Balaban J connectivity index is 2.81. The zero-order valence-corrected chi connectivity index (χ0v) is 11.6. The van der Waals surface area contributed by atoms with Gasteiger partial charge in [-0.25, -0.2) is 8.42 Å². The molecule has 0 saturated carbocycles. The molecule has 0 aliphatic carbocycles. The van der Waals surface area contributed by atoms with E-state index < -0.39 is 21.6 Å². The molecule has 0 unspecified atom stereocenters. The molecule has 1 aromatic rings. The average Bonchev–Trinajstić information content (AvgIpc) is 2.26. The Hall–Kier alpha value is -1.87. The van der Waals surface area contributed by atoms with E-state index >= 15 is 0 Å². The quantitative estimate of drug-likeness (QED) is 0.762. The summed E-state index contributed by atoms with van der Waals surface area (Å²) in [6, 6.07) is 8.33. The molecule has 5 nitrogen and oxygen atoms in total. The van der Waals surface area contributed by atoms with Crippen LogP contribution in [0.1, 0.15) is 25.0 Å². The summed E-state index contributed by atoms with van der Waals surface area (Å²) in [7, 11) is -3.64. The molecule has 1 rings (SSSR count). The van der Waals surface area contributed by atoms with E-state index in [1.165, 1.54) is 6.07 Å². The number of sulfone groups is 1. The number of carbonyl (C=O) groups excluding carboxylic acids is 1. The van der Waals surface area contributed by atoms with Crippen LogP contribution in [0, 0.1) is 11.3 Å². The van der Waals surface area contributed by atoms with Crippen molar-refractivity contribution in [2.75, 3.05) is 5.75 Å². The molecule has 0 heterocycles. The fourth-order valence-corrected chi connectivity index (χ4v) is 2.77. The van der Waals surface area contributed by atoms with Crippen LogP contribution in [0.4, 0.5) is 0 Å². The average molecular weight is 281 g/mol. The Morgan fingerprint density at radius 1 is 1.37 bits per heavy atom. The van der Waals surface area contributed by atoms with Gasteiger partial charge in [0, 0.05) is 0 Å². The van der Waals surface area contributed by atoms with E-state index in [0.717, 1.165) is 0 Å². The molecule has 0 radical (unpaired) electrons. The molecule has 0 aromatic heterocycles. The minimum Gasteiger partial charge on any atom is -0.462 e. The predicted molar refractivity (Wildman–Crippen MR) is 69.9 cm³/mol. The third kappa shape index (κ3) is 5.10. The Kier molecular flexibility index (Phi) is 5.07. The molecule has 1 aromatic carbocycles. The van der Waals surface area contributed by atoms with Gasteiger partial charge in [0.25, 0.3) is 0 Å². The van der Waals surface area contributed by atoms with E-state index in [1.807, 2.05) is 6.07 Å². The second-order valence-electron chi connectivity index (χ2n) is 4.34. The first-order chi connectivity index (χ1) is 8.84. The molecular weight excluding hydrogens is 266 g/mol. The van der Waals surface area contributed by atoms with Crippen molar-refractivity contribution in [2.24, 2.45) is 0 Å². The lowest BCUT2D eigenvalue weighted by atomic mass is 10.1. The van der Waals surface area contributed by atoms with Crippen LogP contribution in [0.15, 0.2) is 24.3 Å². The largest absolute Gasteiger partial charge is 0.462 e. The Morgan fingerprint density at radius 2 is 2.00 bits per heavy atom. The van der Waals surface area contributed by atoms with Gasteiger partial charge in [0.1, 0.15) is 5.75 Å². The maximum Gasteiger partial charge on any atom is 0.321 e. The van der Waals surface area contributed by atoms with Gasteiger partial charge in [-0.1, -0.05) is 18.2 Å². The lowest BCUT2D eigenvalue weighted by Crippen LogP contribution is -2.22. The normalized spacial score (nSPS) is 11.1. The van der Waals surface area contributed by atoms with E-state index in [-0.39, 0.29) is 11.9 Å². The van der Waals surface area contributed by atoms with Crippen molar-refractivity contribution < 1.29 is 17.9 Å². The first kappa shape index (κ1) is 15.2. The molecular formula is C13H15NO4S. The molecule has 0 saturated heterocycles. The number of nitrogens with zero attached hydrogens (tertiary/aromatic N) is 1. The van der Waals surface area contributed by atoms with Gasteiger partial charge in [-0.2, -0.15) is 5.26 Å². The van der Waals surface area contributed by atoms with Gasteiger partial charge in [-0.05, 0) is 25.5 Å². The molecule has 0 atom stereocenters. The molecule has 0 spiro atoms. The van der Waals surface area contributed by atoms with Gasteiger partial charge in [-0.15, -0.1) is 0 Å². The van der Waals surface area contributed by atoms with Gasteiger partial charge in [0.05, 0.1) is 23.5 Å². The van der Waals surface area contributed by atoms with E-state index in [9.17, 15) is 13.2 Å². The highest BCUT2D eigenvalue weighted by Crippen LogP contribution is 2.12. The van der Waals surface area contributed by atoms with Crippen LogP contribution in [-0.4, -0.2) is 26.2 Å². The van der Waals surface area contributed by atoms with Crippen LogP contribution < -0.4 is 0 Å². The number of nitriles is 1. The highest BCUT2D eigenvalue weighted by atomic mass is 32.2. The van der Waals surface area contributed by atoms with E-state index in [4.69, 9.17) is 10.00 Å². The highest BCUT2D eigenvalue weighted by Gasteiger charge is 2.20. The topological polar surface area (TPSA) is 84.2 Å². The number of hydrogen-bond acceptors (Lipinski definition) is 5. The van der Waals surface area contributed by atoms with E-state index in [0.29, 0.717) is 11.1 Å². The molecule has 0 aliphatic heterocycles. The summed E-state index contributed by atoms with van der Waals surface area (Å²) in [5, 5.41) is 8.88. The fraction of sp³-hybridized carbons (Fsp3) is 0.385. The summed E-state index contributed by atoms with van der Waals surface area (Å²) in [6.07, 6.45) is -0.353. The smallest absolute Gasteiger partial charge is 0.321 e. The van der Waals surface area contributed by atoms with Gasteiger partial charge >= 0.3 is 5.97 Å². The standard InChI is InChI=1S/C13H15NO4S/c1-10(2)18-13(15)9-19(16,17)8-12-6-4-3-5-11(12)7-14/h3-6,10H,8-9H2,1-2H3. The summed E-state index contributed by atoms with van der Waals surface area (Å²) in [6.45, 7) is 3.30. The second-order valence-corrected chi connectivity index (χ2v) is 6.40. The second kappa shape index (κ2) is 6.34. The number of esters is 1. The number of hydrogen-bond donors (Lipinski definition) is 0. The van der Waals surface area contributed by atoms with Crippen molar-refractivity contribution in [2.45, 2.75) is 25.7 Å². The van der Waals surface area contributed by atoms with E-state index in [2.05, 4.69) is 0 Å². The SMILES string of the molecule is CC(C)OC(=O)CS(=O)(=O)Cc1ccccc1C#N. The van der Waals surface area contributed by atoms with Crippen molar-refractivity contribution in [3.05, 3.63) is 35.4 Å².